The Labute approximate surface area is 141 Å². The lowest BCUT2D eigenvalue weighted by Gasteiger charge is -2.04. The van der Waals surface area contributed by atoms with E-state index >= 15 is 0 Å². The lowest BCUT2D eigenvalue weighted by atomic mass is 10.2. The van der Waals surface area contributed by atoms with Gasteiger partial charge in [-0.15, -0.1) is 11.3 Å². The van der Waals surface area contributed by atoms with Crippen molar-refractivity contribution in [2.24, 2.45) is 0 Å². The van der Waals surface area contributed by atoms with Crippen molar-refractivity contribution in [3.8, 4) is 10.6 Å². The molecule has 0 unspecified atom stereocenters. The molecule has 3 rings (SSSR count). The number of aromatic nitrogens is 1. The van der Waals surface area contributed by atoms with Gasteiger partial charge in [0.1, 0.15) is 5.01 Å². The summed E-state index contributed by atoms with van der Waals surface area (Å²) in [5, 5.41) is 5.01. The van der Waals surface area contributed by atoms with Crippen molar-refractivity contribution < 1.29 is 13.6 Å². The van der Waals surface area contributed by atoms with Crippen LogP contribution in [0.4, 0.5) is 20.2 Å². The predicted molar refractivity (Wildman–Crippen MR) is 90.7 cm³/mol. The summed E-state index contributed by atoms with van der Waals surface area (Å²) >= 11 is 1.39. The normalized spacial score (nSPS) is 10.6. The van der Waals surface area contributed by atoms with E-state index < -0.39 is 11.6 Å². The number of hydrogen-bond donors (Lipinski definition) is 2. The van der Waals surface area contributed by atoms with Crippen LogP contribution < -0.4 is 11.1 Å². The summed E-state index contributed by atoms with van der Waals surface area (Å²) in [5.41, 5.74) is 8.12. The summed E-state index contributed by atoms with van der Waals surface area (Å²) in [6.45, 7) is 0. The molecule has 0 radical (unpaired) electrons. The number of nitrogens with one attached hydrogen (secondary N) is 1. The van der Waals surface area contributed by atoms with E-state index in [9.17, 15) is 13.6 Å². The van der Waals surface area contributed by atoms with Gasteiger partial charge in [-0.3, -0.25) is 4.79 Å². The van der Waals surface area contributed by atoms with Crippen LogP contribution in [0.3, 0.4) is 0 Å². The van der Waals surface area contributed by atoms with Crippen molar-refractivity contribution in [2.75, 3.05) is 11.1 Å². The summed E-state index contributed by atoms with van der Waals surface area (Å²) in [6.07, 6.45) is 0.0300. The number of nitrogen functional groups attached to an aromatic ring is 1. The van der Waals surface area contributed by atoms with Gasteiger partial charge in [0.2, 0.25) is 5.91 Å². The molecule has 0 saturated carbocycles. The molecule has 0 fully saturated rings. The second kappa shape index (κ2) is 6.76. The van der Waals surface area contributed by atoms with Crippen LogP contribution in [0.25, 0.3) is 10.6 Å². The van der Waals surface area contributed by atoms with Gasteiger partial charge < -0.3 is 11.1 Å². The minimum Gasteiger partial charge on any atom is -0.398 e. The first-order valence-corrected chi connectivity index (χ1v) is 7.95. The van der Waals surface area contributed by atoms with Gasteiger partial charge in [0.15, 0.2) is 11.6 Å². The molecule has 7 heteroatoms. The number of amides is 1. The third-order valence-corrected chi connectivity index (χ3v) is 4.21. The third-order valence-electron chi connectivity index (χ3n) is 3.29. The van der Waals surface area contributed by atoms with E-state index in [2.05, 4.69) is 10.3 Å². The largest absolute Gasteiger partial charge is 0.398 e. The molecule has 24 heavy (non-hydrogen) atoms. The molecule has 0 saturated heterocycles. The highest BCUT2D eigenvalue weighted by Crippen LogP contribution is 2.28. The average molecular weight is 345 g/mol. The van der Waals surface area contributed by atoms with Gasteiger partial charge in [-0.05, 0) is 24.3 Å². The lowest BCUT2D eigenvalue weighted by Crippen LogP contribution is -2.14. The van der Waals surface area contributed by atoms with Crippen LogP contribution in [0, 0.1) is 11.6 Å². The molecule has 0 spiro atoms. The van der Waals surface area contributed by atoms with Crippen molar-refractivity contribution in [2.45, 2.75) is 6.42 Å². The van der Waals surface area contributed by atoms with Crippen LogP contribution in [-0.4, -0.2) is 10.9 Å². The SMILES string of the molecule is Nc1ccccc1-c1nc(CC(=O)Nc2ccc(F)c(F)c2)cs1. The monoisotopic (exact) mass is 345 g/mol. The van der Waals surface area contributed by atoms with Gasteiger partial charge >= 0.3 is 0 Å². The number of rotatable bonds is 4. The number of hydrogen-bond acceptors (Lipinski definition) is 4. The summed E-state index contributed by atoms with van der Waals surface area (Å²) in [6, 6.07) is 10.5. The molecule has 0 aliphatic carbocycles. The van der Waals surface area contributed by atoms with Crippen molar-refractivity contribution in [3.05, 3.63) is 65.2 Å². The zero-order chi connectivity index (χ0) is 17.1. The Bertz CT molecular complexity index is 895. The number of halogens is 2. The molecule has 4 nitrogen and oxygen atoms in total. The molecule has 2 aromatic carbocycles. The summed E-state index contributed by atoms with van der Waals surface area (Å²) in [5.74, 6) is -2.33. The molecule has 122 valence electrons. The molecule has 3 N–H and O–H groups in total. The van der Waals surface area contributed by atoms with Crippen LogP contribution in [-0.2, 0) is 11.2 Å². The maximum absolute atomic E-state index is 13.1. The number of para-hydroxylation sites is 1. The van der Waals surface area contributed by atoms with Crippen molar-refractivity contribution in [1.29, 1.82) is 0 Å². The van der Waals surface area contributed by atoms with Crippen LogP contribution in [0.15, 0.2) is 47.8 Å². The highest BCUT2D eigenvalue weighted by atomic mass is 32.1. The highest BCUT2D eigenvalue weighted by Gasteiger charge is 2.11. The minimum absolute atomic E-state index is 0.0300. The van der Waals surface area contributed by atoms with Crippen molar-refractivity contribution >= 4 is 28.6 Å². The number of benzene rings is 2. The van der Waals surface area contributed by atoms with E-state index in [-0.39, 0.29) is 18.0 Å². The van der Waals surface area contributed by atoms with E-state index in [1.165, 1.54) is 17.4 Å². The van der Waals surface area contributed by atoms with Gasteiger partial charge in [-0.2, -0.15) is 0 Å². The number of nitrogens with two attached hydrogens (primary N) is 1. The maximum Gasteiger partial charge on any atom is 0.230 e. The fraction of sp³-hybridized carbons (Fsp3) is 0.0588. The number of carbonyl (C=O) groups is 1. The average Bonchev–Trinajstić information content (AvgIpc) is 2.99. The molecule has 3 aromatic rings. The topological polar surface area (TPSA) is 68.0 Å². The minimum atomic E-state index is -1.01. The third kappa shape index (κ3) is 3.57. The first-order valence-electron chi connectivity index (χ1n) is 7.07. The molecule has 1 aromatic heterocycles. The Hall–Kier alpha value is -2.80. The van der Waals surface area contributed by atoms with E-state index in [1.54, 1.807) is 11.4 Å². The van der Waals surface area contributed by atoms with Gasteiger partial charge in [0.05, 0.1) is 12.1 Å². The second-order valence-electron chi connectivity index (χ2n) is 5.09. The molecule has 0 atom stereocenters. The van der Waals surface area contributed by atoms with Gasteiger partial charge in [0.25, 0.3) is 0 Å². The Morgan fingerprint density at radius 1 is 1.17 bits per heavy atom. The standard InChI is InChI=1S/C17H13F2N3OS/c18-13-6-5-10(7-14(13)19)21-16(23)8-11-9-24-17(22-11)12-3-1-2-4-15(12)20/h1-7,9H,8,20H2,(H,21,23). The number of thiazole rings is 1. The van der Waals surface area contributed by atoms with Crippen molar-refractivity contribution in [3.63, 3.8) is 0 Å². The predicted octanol–water partition coefficient (Wildman–Crippen LogP) is 3.85. The zero-order valence-electron chi connectivity index (χ0n) is 12.4. The molecular formula is C17H13F2N3OS. The highest BCUT2D eigenvalue weighted by molar-refractivity contribution is 7.13. The Kier molecular flexibility index (Phi) is 4.52. The zero-order valence-corrected chi connectivity index (χ0v) is 13.2. The van der Waals surface area contributed by atoms with E-state index in [1.807, 2.05) is 18.2 Å². The second-order valence-corrected chi connectivity index (χ2v) is 5.94. The summed E-state index contributed by atoms with van der Waals surface area (Å²) in [4.78, 5) is 16.4. The fourth-order valence-corrected chi connectivity index (χ4v) is 3.01. The van der Waals surface area contributed by atoms with E-state index in [0.717, 1.165) is 22.7 Å². The smallest absolute Gasteiger partial charge is 0.230 e. The van der Waals surface area contributed by atoms with Crippen molar-refractivity contribution in [1.82, 2.24) is 4.98 Å². The fourth-order valence-electron chi connectivity index (χ4n) is 2.15. The Morgan fingerprint density at radius 3 is 2.71 bits per heavy atom. The summed E-state index contributed by atoms with van der Waals surface area (Å²) in [7, 11) is 0. The van der Waals surface area contributed by atoms with Gasteiger partial charge in [-0.1, -0.05) is 12.1 Å². The molecule has 1 heterocycles. The van der Waals surface area contributed by atoms with Crippen LogP contribution in [0.1, 0.15) is 5.69 Å². The first-order chi connectivity index (χ1) is 11.5. The molecule has 0 aliphatic rings. The number of anilines is 2. The van der Waals surface area contributed by atoms with Gasteiger partial charge in [-0.25, -0.2) is 13.8 Å². The van der Waals surface area contributed by atoms with Crippen LogP contribution in [0.2, 0.25) is 0 Å². The van der Waals surface area contributed by atoms with E-state index in [4.69, 9.17) is 5.73 Å². The van der Waals surface area contributed by atoms with Crippen LogP contribution >= 0.6 is 11.3 Å². The summed E-state index contributed by atoms with van der Waals surface area (Å²) < 4.78 is 26.0. The number of nitrogens with zero attached hydrogens (tertiary/aromatic N) is 1. The lowest BCUT2D eigenvalue weighted by molar-refractivity contribution is -0.115. The molecule has 0 aliphatic heterocycles. The number of carbonyl (C=O) groups excluding carboxylic acids is 1. The quantitative estimate of drug-likeness (QED) is 0.706. The maximum atomic E-state index is 13.1. The molecular weight excluding hydrogens is 332 g/mol. The first kappa shape index (κ1) is 16.1. The Morgan fingerprint density at radius 2 is 1.96 bits per heavy atom. The molecule has 1 amide bonds. The molecule has 0 bridgehead atoms. The van der Waals surface area contributed by atoms with E-state index in [0.29, 0.717) is 11.4 Å². The van der Waals surface area contributed by atoms with Gasteiger partial charge in [0, 0.05) is 28.4 Å². The van der Waals surface area contributed by atoms with Crippen LogP contribution in [0.5, 0.6) is 0 Å². The Balaban J connectivity index is 1.69.